The normalized spacial score (nSPS) is 10.6. The van der Waals surface area contributed by atoms with Crippen molar-refractivity contribution in [1.29, 1.82) is 0 Å². The van der Waals surface area contributed by atoms with Crippen molar-refractivity contribution in [3.05, 3.63) is 36.1 Å². The van der Waals surface area contributed by atoms with Crippen molar-refractivity contribution >= 4 is 5.97 Å². The molecule has 0 aliphatic heterocycles. The SMILES string of the molecule is CCOC(=O)c1cc(-c2ccccc2OC(F)F)no1. The lowest BCUT2D eigenvalue weighted by molar-refractivity contribution is -0.0494. The molecule has 1 heterocycles. The summed E-state index contributed by atoms with van der Waals surface area (Å²) in [4.78, 5) is 11.4. The highest BCUT2D eigenvalue weighted by Crippen LogP contribution is 2.30. The lowest BCUT2D eigenvalue weighted by Gasteiger charge is -2.07. The van der Waals surface area contributed by atoms with Gasteiger partial charge in [-0.05, 0) is 19.1 Å². The molecular weight excluding hydrogens is 272 g/mol. The van der Waals surface area contributed by atoms with Crippen LogP contribution in [0.4, 0.5) is 8.78 Å². The zero-order valence-corrected chi connectivity index (χ0v) is 10.5. The summed E-state index contributed by atoms with van der Waals surface area (Å²) < 4.78 is 38.6. The summed E-state index contributed by atoms with van der Waals surface area (Å²) in [5, 5.41) is 3.66. The Bertz CT molecular complexity index is 598. The third-order valence-electron chi connectivity index (χ3n) is 2.37. The first kappa shape index (κ1) is 14.0. The Hall–Kier alpha value is -2.44. The van der Waals surface area contributed by atoms with Crippen LogP contribution >= 0.6 is 0 Å². The quantitative estimate of drug-likeness (QED) is 0.789. The third kappa shape index (κ3) is 3.11. The minimum atomic E-state index is -2.95. The second-order valence-corrected chi connectivity index (χ2v) is 3.67. The van der Waals surface area contributed by atoms with Crippen LogP contribution in [0.1, 0.15) is 17.5 Å². The Balaban J connectivity index is 2.30. The number of esters is 1. The number of rotatable bonds is 5. The van der Waals surface area contributed by atoms with Gasteiger partial charge in [-0.3, -0.25) is 0 Å². The van der Waals surface area contributed by atoms with Crippen molar-refractivity contribution < 1.29 is 27.6 Å². The van der Waals surface area contributed by atoms with Gasteiger partial charge in [0, 0.05) is 11.6 Å². The van der Waals surface area contributed by atoms with Crippen LogP contribution in [-0.2, 0) is 4.74 Å². The van der Waals surface area contributed by atoms with E-state index in [0.29, 0.717) is 5.56 Å². The number of carbonyl (C=O) groups is 1. The average molecular weight is 283 g/mol. The molecule has 2 aromatic rings. The molecule has 5 nitrogen and oxygen atoms in total. The van der Waals surface area contributed by atoms with E-state index >= 15 is 0 Å². The number of nitrogens with zero attached hydrogens (tertiary/aromatic N) is 1. The molecule has 0 bridgehead atoms. The Kier molecular flexibility index (Phi) is 4.29. The number of hydrogen-bond donors (Lipinski definition) is 0. The molecule has 1 aromatic carbocycles. The monoisotopic (exact) mass is 283 g/mol. The van der Waals surface area contributed by atoms with Gasteiger partial charge in [-0.15, -0.1) is 0 Å². The van der Waals surface area contributed by atoms with Gasteiger partial charge >= 0.3 is 12.6 Å². The first-order valence-corrected chi connectivity index (χ1v) is 5.80. The minimum Gasteiger partial charge on any atom is -0.460 e. The zero-order chi connectivity index (χ0) is 14.5. The van der Waals surface area contributed by atoms with Gasteiger partial charge < -0.3 is 14.0 Å². The largest absolute Gasteiger partial charge is 0.460 e. The third-order valence-corrected chi connectivity index (χ3v) is 2.37. The second-order valence-electron chi connectivity index (χ2n) is 3.67. The van der Waals surface area contributed by atoms with E-state index < -0.39 is 12.6 Å². The van der Waals surface area contributed by atoms with E-state index in [-0.39, 0.29) is 23.8 Å². The molecule has 0 atom stereocenters. The van der Waals surface area contributed by atoms with Crippen LogP contribution in [-0.4, -0.2) is 24.3 Å². The minimum absolute atomic E-state index is 0.0498. The standard InChI is InChI=1S/C13H11F2NO4/c1-2-18-12(17)11-7-9(16-20-11)8-5-3-4-6-10(8)19-13(14)15/h3-7,13H,2H2,1H3. The molecule has 0 aliphatic carbocycles. The number of para-hydroxylation sites is 1. The van der Waals surface area contributed by atoms with E-state index in [1.807, 2.05) is 0 Å². The Morgan fingerprint density at radius 2 is 2.15 bits per heavy atom. The van der Waals surface area contributed by atoms with Gasteiger partial charge in [-0.2, -0.15) is 8.78 Å². The highest BCUT2D eigenvalue weighted by molar-refractivity contribution is 5.87. The molecule has 0 saturated heterocycles. The van der Waals surface area contributed by atoms with Crippen molar-refractivity contribution in [2.24, 2.45) is 0 Å². The molecule has 0 N–H and O–H groups in total. The molecule has 7 heteroatoms. The Morgan fingerprint density at radius 3 is 2.85 bits per heavy atom. The fraction of sp³-hybridized carbons (Fsp3) is 0.231. The fourth-order valence-electron chi connectivity index (χ4n) is 1.58. The van der Waals surface area contributed by atoms with Gasteiger partial charge in [0.25, 0.3) is 0 Å². The number of hydrogen-bond acceptors (Lipinski definition) is 5. The summed E-state index contributed by atoms with van der Waals surface area (Å²) in [5.74, 6) is -0.821. The topological polar surface area (TPSA) is 61.6 Å². The Morgan fingerprint density at radius 1 is 1.40 bits per heavy atom. The van der Waals surface area contributed by atoms with E-state index in [9.17, 15) is 13.6 Å². The van der Waals surface area contributed by atoms with Crippen LogP contribution in [0.25, 0.3) is 11.3 Å². The Labute approximate surface area is 113 Å². The van der Waals surface area contributed by atoms with E-state index in [4.69, 9.17) is 9.26 Å². The molecule has 0 saturated carbocycles. The second kappa shape index (κ2) is 6.14. The van der Waals surface area contributed by atoms with Crippen LogP contribution < -0.4 is 4.74 Å². The van der Waals surface area contributed by atoms with Gasteiger partial charge in [0.15, 0.2) is 0 Å². The average Bonchev–Trinajstić information content (AvgIpc) is 2.88. The molecule has 0 radical (unpaired) electrons. The van der Waals surface area contributed by atoms with E-state index in [2.05, 4.69) is 9.89 Å². The smallest absolute Gasteiger partial charge is 0.387 e. The maximum Gasteiger partial charge on any atom is 0.387 e. The molecule has 20 heavy (non-hydrogen) atoms. The maximum atomic E-state index is 12.3. The summed E-state index contributed by atoms with van der Waals surface area (Å²) in [5.41, 5.74) is 0.511. The molecule has 0 spiro atoms. The summed E-state index contributed by atoms with van der Waals surface area (Å²) in [7, 11) is 0. The molecule has 0 unspecified atom stereocenters. The maximum absolute atomic E-state index is 12.3. The van der Waals surface area contributed by atoms with Crippen LogP contribution in [0.5, 0.6) is 5.75 Å². The number of benzene rings is 1. The number of halogens is 2. The number of carbonyl (C=O) groups excluding carboxylic acids is 1. The number of aromatic nitrogens is 1. The first-order chi connectivity index (χ1) is 9.61. The predicted octanol–water partition coefficient (Wildman–Crippen LogP) is 3.12. The van der Waals surface area contributed by atoms with Crippen molar-refractivity contribution in [3.8, 4) is 17.0 Å². The van der Waals surface area contributed by atoms with E-state index in [1.54, 1.807) is 19.1 Å². The lowest BCUT2D eigenvalue weighted by atomic mass is 10.1. The zero-order valence-electron chi connectivity index (χ0n) is 10.5. The van der Waals surface area contributed by atoms with Crippen LogP contribution in [0.15, 0.2) is 34.9 Å². The van der Waals surface area contributed by atoms with Gasteiger partial charge in [0.1, 0.15) is 11.4 Å². The van der Waals surface area contributed by atoms with Crippen LogP contribution in [0.3, 0.4) is 0 Å². The van der Waals surface area contributed by atoms with E-state index in [1.165, 1.54) is 18.2 Å². The van der Waals surface area contributed by atoms with Crippen LogP contribution in [0.2, 0.25) is 0 Å². The van der Waals surface area contributed by atoms with Crippen molar-refractivity contribution in [3.63, 3.8) is 0 Å². The van der Waals surface area contributed by atoms with Crippen molar-refractivity contribution in [2.75, 3.05) is 6.61 Å². The van der Waals surface area contributed by atoms with Gasteiger partial charge in [-0.25, -0.2) is 4.79 Å². The number of ether oxygens (including phenoxy) is 2. The molecule has 1 aromatic heterocycles. The molecule has 0 amide bonds. The summed E-state index contributed by atoms with van der Waals surface area (Å²) in [6.45, 7) is -1.10. The first-order valence-electron chi connectivity index (χ1n) is 5.80. The van der Waals surface area contributed by atoms with Gasteiger partial charge in [-0.1, -0.05) is 17.3 Å². The molecule has 106 valence electrons. The highest BCUT2D eigenvalue weighted by Gasteiger charge is 2.18. The van der Waals surface area contributed by atoms with Crippen molar-refractivity contribution in [1.82, 2.24) is 5.16 Å². The summed E-state index contributed by atoms with van der Waals surface area (Å²) in [6, 6.07) is 7.40. The predicted molar refractivity (Wildman–Crippen MR) is 64.5 cm³/mol. The molecule has 0 aliphatic rings. The molecular formula is C13H11F2NO4. The van der Waals surface area contributed by atoms with Crippen LogP contribution in [0, 0.1) is 0 Å². The fourth-order valence-corrected chi connectivity index (χ4v) is 1.58. The summed E-state index contributed by atoms with van der Waals surface area (Å²) in [6.07, 6.45) is 0. The lowest BCUT2D eigenvalue weighted by Crippen LogP contribution is -2.03. The number of alkyl halides is 2. The molecule has 0 fully saturated rings. The molecule has 2 rings (SSSR count). The summed E-state index contributed by atoms with van der Waals surface area (Å²) >= 11 is 0. The van der Waals surface area contributed by atoms with Gasteiger partial charge in [0.05, 0.1) is 6.61 Å². The highest BCUT2D eigenvalue weighted by atomic mass is 19.3. The van der Waals surface area contributed by atoms with Gasteiger partial charge in [0.2, 0.25) is 5.76 Å². The van der Waals surface area contributed by atoms with Crippen molar-refractivity contribution in [2.45, 2.75) is 13.5 Å². The van der Waals surface area contributed by atoms with E-state index in [0.717, 1.165) is 0 Å².